The Bertz CT molecular complexity index is 1560. The number of hydrogen-bond acceptors (Lipinski definition) is 10. The van der Waals surface area contributed by atoms with Crippen LogP contribution in [0, 0.1) is 40.0 Å². The summed E-state index contributed by atoms with van der Waals surface area (Å²) in [5.41, 5.74) is -0.466. The van der Waals surface area contributed by atoms with Crippen molar-refractivity contribution >= 4 is 46.4 Å². The number of carbonyl (C=O) groups is 4. The van der Waals surface area contributed by atoms with Crippen LogP contribution in [0.25, 0.3) is 0 Å². The summed E-state index contributed by atoms with van der Waals surface area (Å²) in [6.45, 7) is 0. The van der Waals surface area contributed by atoms with E-state index >= 15 is 0 Å². The summed E-state index contributed by atoms with van der Waals surface area (Å²) in [5.74, 6) is -6.67. The van der Waals surface area contributed by atoms with E-state index in [2.05, 4.69) is 0 Å². The molecular formula is C30H22N4O8-2. The lowest BCUT2D eigenvalue weighted by molar-refractivity contribution is -0.140. The highest BCUT2D eigenvalue weighted by Gasteiger charge is 2.75. The lowest BCUT2D eigenvalue weighted by atomic mass is 9.45. The molecule has 0 unspecified atom stereocenters. The number of benzene rings is 3. The SMILES string of the molecule is O=C1[C@H]2C3C=CC(c4ccccc4)([C@H]2C(=O)N1c1ccc(N([O-])O)cc1)[C@H]1C(=O)N(c2ccc(N([O-])O)cc2)C(=O)[C@@H]31. The van der Waals surface area contributed by atoms with Gasteiger partial charge < -0.3 is 20.9 Å². The van der Waals surface area contributed by atoms with E-state index in [1.54, 1.807) is 42.5 Å². The van der Waals surface area contributed by atoms with E-state index in [0.29, 0.717) is 5.56 Å². The molecule has 3 aromatic carbocycles. The Kier molecular flexibility index (Phi) is 5.62. The molecular weight excluding hydrogens is 544 g/mol. The number of imide groups is 2. The molecule has 0 aromatic heterocycles. The smallest absolute Gasteiger partial charge is 0.238 e. The highest BCUT2D eigenvalue weighted by Crippen LogP contribution is 2.65. The van der Waals surface area contributed by atoms with Crippen molar-refractivity contribution in [3.63, 3.8) is 0 Å². The fraction of sp³-hybridized carbons (Fsp3) is 0.200. The second-order valence-corrected chi connectivity index (χ2v) is 10.8. The summed E-state index contributed by atoms with van der Waals surface area (Å²) in [5, 5.41) is 40.3. The van der Waals surface area contributed by atoms with Gasteiger partial charge in [0.1, 0.15) is 0 Å². The van der Waals surface area contributed by atoms with Gasteiger partial charge in [-0.15, -0.1) is 0 Å². The van der Waals surface area contributed by atoms with Gasteiger partial charge in [-0.1, -0.05) is 42.5 Å². The van der Waals surface area contributed by atoms with E-state index in [-0.39, 0.29) is 33.2 Å². The van der Waals surface area contributed by atoms with Gasteiger partial charge in [0.05, 0.1) is 46.4 Å². The third kappa shape index (κ3) is 3.31. The summed E-state index contributed by atoms with van der Waals surface area (Å²) >= 11 is 0. The summed E-state index contributed by atoms with van der Waals surface area (Å²) < 4.78 is 0. The van der Waals surface area contributed by atoms with Gasteiger partial charge in [-0.3, -0.25) is 29.6 Å². The van der Waals surface area contributed by atoms with Gasteiger partial charge in [0, 0.05) is 11.3 Å². The van der Waals surface area contributed by atoms with Crippen LogP contribution in [0.2, 0.25) is 0 Å². The lowest BCUT2D eigenvalue weighted by Crippen LogP contribution is -2.60. The van der Waals surface area contributed by atoms with Gasteiger partial charge >= 0.3 is 0 Å². The Morgan fingerprint density at radius 3 is 1.45 bits per heavy atom. The monoisotopic (exact) mass is 566 g/mol. The van der Waals surface area contributed by atoms with Crippen molar-refractivity contribution < 1.29 is 29.6 Å². The molecule has 12 heteroatoms. The molecule has 3 aromatic rings. The van der Waals surface area contributed by atoms with E-state index in [0.717, 1.165) is 9.80 Å². The fourth-order valence-corrected chi connectivity index (χ4v) is 7.45. The second kappa shape index (κ2) is 9.06. The number of amides is 4. The highest BCUT2D eigenvalue weighted by atomic mass is 16.8. The molecule has 8 rings (SSSR count). The van der Waals surface area contributed by atoms with Crippen molar-refractivity contribution in [2.45, 2.75) is 5.41 Å². The molecule has 212 valence electrons. The topological polar surface area (TPSA) is 168 Å². The largest absolute Gasteiger partial charge is 0.733 e. The number of anilines is 4. The van der Waals surface area contributed by atoms with Crippen molar-refractivity contribution in [1.29, 1.82) is 0 Å². The summed E-state index contributed by atoms with van der Waals surface area (Å²) in [6.07, 6.45) is 3.57. The number of hydrogen-bond donors (Lipinski definition) is 2. The quantitative estimate of drug-likeness (QED) is 0.266. The standard InChI is InChI=1S/C30H22N4O8/c35-26-22-21-14-15-30(16-4-2-1-3-5-16,24(22)28(37)31(26)17-6-10-19(11-7-17)33(39)40)25-23(21)27(36)32(29(25)38)18-8-12-20(13-9-18)34(41)42/h1-15,21-25,39,41H/q-2/t21?,22-,23-,24+,25+,30?/m0/s1. The Morgan fingerprint density at radius 2 is 1.05 bits per heavy atom. The Balaban J connectivity index is 1.36. The summed E-state index contributed by atoms with van der Waals surface area (Å²) in [6, 6.07) is 19.5. The summed E-state index contributed by atoms with van der Waals surface area (Å²) in [4.78, 5) is 58.7. The van der Waals surface area contributed by atoms with Gasteiger partial charge in [0.2, 0.25) is 23.6 Å². The third-order valence-electron chi connectivity index (χ3n) is 9.09. The molecule has 2 heterocycles. The first kappa shape index (κ1) is 26.0. The van der Waals surface area contributed by atoms with Crippen LogP contribution in [0.1, 0.15) is 5.56 Å². The average Bonchev–Trinajstić information content (AvgIpc) is 3.44. The molecule has 0 spiro atoms. The summed E-state index contributed by atoms with van der Waals surface area (Å²) in [7, 11) is 0. The highest BCUT2D eigenvalue weighted by molar-refractivity contribution is 6.27. The van der Waals surface area contributed by atoms with Crippen molar-refractivity contribution in [1.82, 2.24) is 0 Å². The van der Waals surface area contributed by atoms with Crippen LogP contribution in [0.4, 0.5) is 22.7 Å². The maximum absolute atomic E-state index is 14.2. The van der Waals surface area contributed by atoms with Crippen LogP contribution in [0.15, 0.2) is 91.0 Å². The predicted molar refractivity (Wildman–Crippen MR) is 148 cm³/mol. The molecule has 3 aliphatic carbocycles. The number of rotatable bonds is 5. The number of carbonyl (C=O) groups excluding carboxylic acids is 4. The van der Waals surface area contributed by atoms with Crippen LogP contribution in [0.5, 0.6) is 0 Å². The van der Waals surface area contributed by atoms with Crippen LogP contribution in [-0.2, 0) is 24.6 Å². The van der Waals surface area contributed by atoms with E-state index in [4.69, 9.17) is 0 Å². The molecule has 4 amide bonds. The molecule has 42 heavy (non-hydrogen) atoms. The zero-order valence-electron chi connectivity index (χ0n) is 21.7. The van der Waals surface area contributed by atoms with Crippen molar-refractivity contribution in [2.24, 2.45) is 29.6 Å². The minimum absolute atomic E-state index is 0.0847. The Labute approximate surface area is 238 Å². The van der Waals surface area contributed by atoms with Crippen LogP contribution < -0.4 is 20.3 Å². The molecule has 2 saturated heterocycles. The zero-order valence-corrected chi connectivity index (χ0v) is 21.7. The van der Waals surface area contributed by atoms with Crippen molar-refractivity contribution in [3.05, 3.63) is 107 Å². The van der Waals surface area contributed by atoms with Crippen LogP contribution >= 0.6 is 0 Å². The first-order chi connectivity index (χ1) is 20.2. The van der Waals surface area contributed by atoms with Gasteiger partial charge in [-0.05, 0) is 54.1 Å². The molecule has 2 N–H and O–H groups in total. The molecule has 5 aliphatic rings. The Morgan fingerprint density at radius 1 is 0.619 bits per heavy atom. The maximum atomic E-state index is 14.2. The van der Waals surface area contributed by atoms with E-state index in [9.17, 15) is 40.0 Å². The molecule has 0 radical (unpaired) electrons. The third-order valence-corrected chi connectivity index (χ3v) is 9.09. The zero-order chi connectivity index (χ0) is 29.5. The molecule has 3 fully saturated rings. The van der Waals surface area contributed by atoms with Crippen molar-refractivity contribution in [2.75, 3.05) is 20.3 Å². The molecule has 1 saturated carbocycles. The second-order valence-electron chi connectivity index (χ2n) is 10.8. The van der Waals surface area contributed by atoms with Crippen LogP contribution in [0.3, 0.4) is 0 Å². The van der Waals surface area contributed by atoms with Crippen molar-refractivity contribution in [3.8, 4) is 0 Å². The van der Waals surface area contributed by atoms with Gasteiger partial charge in [-0.25, -0.2) is 9.80 Å². The Hall–Kier alpha value is -4.88. The first-order valence-electron chi connectivity index (χ1n) is 13.2. The van der Waals surface area contributed by atoms with E-state index in [1.165, 1.54) is 48.5 Å². The lowest BCUT2D eigenvalue weighted by Gasteiger charge is -2.53. The maximum Gasteiger partial charge on any atom is 0.238 e. The minimum Gasteiger partial charge on any atom is -0.733 e. The van der Waals surface area contributed by atoms with Gasteiger partial charge in [0.25, 0.3) is 0 Å². The first-order valence-corrected chi connectivity index (χ1v) is 13.2. The molecule has 12 nitrogen and oxygen atoms in total. The van der Waals surface area contributed by atoms with Gasteiger partial charge in [0.15, 0.2) is 0 Å². The minimum atomic E-state index is -1.32. The predicted octanol–water partition coefficient (Wildman–Crippen LogP) is 3.12. The molecule has 2 bridgehead atoms. The van der Waals surface area contributed by atoms with Gasteiger partial charge in [-0.2, -0.15) is 0 Å². The molecule has 2 aliphatic heterocycles. The normalized spacial score (nSPS) is 29.3. The number of allylic oxidation sites excluding steroid dienone is 2. The molecule has 4 atom stereocenters. The fourth-order valence-electron chi connectivity index (χ4n) is 7.45. The average molecular weight is 567 g/mol. The van der Waals surface area contributed by atoms with E-state index in [1.807, 2.05) is 0 Å². The number of nitrogens with zero attached hydrogens (tertiary/aromatic N) is 4. The van der Waals surface area contributed by atoms with Crippen LogP contribution in [-0.4, -0.2) is 34.0 Å². The van der Waals surface area contributed by atoms with E-state index < -0.39 is 58.6 Å².